The number of carbonyl (C=O) groups is 1. The maximum atomic E-state index is 11.7. The third-order valence-electron chi connectivity index (χ3n) is 4.21. The molecule has 1 aliphatic heterocycles. The van der Waals surface area contributed by atoms with Crippen LogP contribution in [0.3, 0.4) is 0 Å². The first-order valence-electron chi connectivity index (χ1n) is 8.36. The van der Waals surface area contributed by atoms with Crippen molar-refractivity contribution in [3.8, 4) is 5.75 Å². The van der Waals surface area contributed by atoms with E-state index >= 15 is 0 Å². The van der Waals surface area contributed by atoms with Crippen molar-refractivity contribution >= 4 is 6.09 Å². The van der Waals surface area contributed by atoms with Crippen molar-refractivity contribution in [2.24, 2.45) is 0 Å². The number of nitrogens with one attached hydrogen (secondary N) is 2. The zero-order valence-corrected chi connectivity index (χ0v) is 14.1. The number of benzene rings is 1. The largest absolute Gasteiger partial charge is 0.493 e. The highest BCUT2D eigenvalue weighted by atomic mass is 16.6. The Morgan fingerprint density at radius 1 is 1.30 bits per heavy atom. The number of ether oxygens (including phenoxy) is 2. The second-order valence-electron chi connectivity index (χ2n) is 7.43. The summed E-state index contributed by atoms with van der Waals surface area (Å²) >= 11 is 0. The molecule has 2 N–H and O–H groups in total. The van der Waals surface area contributed by atoms with Gasteiger partial charge in [-0.2, -0.15) is 0 Å². The predicted octanol–water partition coefficient (Wildman–Crippen LogP) is 2.77. The van der Waals surface area contributed by atoms with Crippen LogP contribution >= 0.6 is 0 Å². The van der Waals surface area contributed by atoms with Crippen molar-refractivity contribution in [2.45, 2.75) is 64.3 Å². The highest BCUT2D eigenvalue weighted by Gasteiger charge is 2.31. The zero-order chi connectivity index (χ0) is 16.4. The van der Waals surface area contributed by atoms with Crippen LogP contribution in [0.5, 0.6) is 5.75 Å². The molecule has 5 heteroatoms. The number of rotatable bonds is 4. The fourth-order valence-electron chi connectivity index (χ4n) is 2.99. The summed E-state index contributed by atoms with van der Waals surface area (Å²) in [5.41, 5.74) is 2.16. The third-order valence-corrected chi connectivity index (χ3v) is 4.21. The zero-order valence-electron chi connectivity index (χ0n) is 14.1. The van der Waals surface area contributed by atoms with Gasteiger partial charge in [0, 0.05) is 25.0 Å². The van der Waals surface area contributed by atoms with E-state index in [1.807, 2.05) is 20.8 Å². The Balaban J connectivity index is 1.37. The molecule has 1 aromatic carbocycles. The summed E-state index contributed by atoms with van der Waals surface area (Å²) in [5, 5.41) is 6.46. The highest BCUT2D eigenvalue weighted by Crippen LogP contribution is 2.26. The van der Waals surface area contributed by atoms with Crippen LogP contribution in [0.25, 0.3) is 0 Å². The number of amides is 1. The molecule has 0 radical (unpaired) electrons. The summed E-state index contributed by atoms with van der Waals surface area (Å²) in [4.78, 5) is 11.7. The van der Waals surface area contributed by atoms with Gasteiger partial charge < -0.3 is 20.1 Å². The number of hydrogen-bond acceptors (Lipinski definition) is 4. The van der Waals surface area contributed by atoms with Crippen molar-refractivity contribution in [1.82, 2.24) is 10.6 Å². The minimum Gasteiger partial charge on any atom is -0.493 e. The molecule has 1 saturated carbocycles. The topological polar surface area (TPSA) is 59.6 Å². The lowest BCUT2D eigenvalue weighted by atomic mass is 9.86. The summed E-state index contributed by atoms with van der Waals surface area (Å²) in [6, 6.07) is 7.08. The SMILES string of the molecule is CC(C)(C)OC(=O)NC1CC(NCc2ccc3c(c2)CCO3)C1. The van der Waals surface area contributed by atoms with Crippen LogP contribution in [0.1, 0.15) is 44.7 Å². The Kier molecular flexibility index (Phi) is 4.48. The molecule has 0 bridgehead atoms. The molecule has 0 unspecified atom stereocenters. The lowest BCUT2D eigenvalue weighted by Crippen LogP contribution is -2.52. The Morgan fingerprint density at radius 2 is 2.09 bits per heavy atom. The fourth-order valence-corrected chi connectivity index (χ4v) is 2.99. The van der Waals surface area contributed by atoms with Gasteiger partial charge in [0.15, 0.2) is 0 Å². The maximum Gasteiger partial charge on any atom is 0.407 e. The van der Waals surface area contributed by atoms with Gasteiger partial charge in [-0.05, 0) is 50.8 Å². The molecule has 0 atom stereocenters. The Morgan fingerprint density at radius 3 is 2.83 bits per heavy atom. The summed E-state index contributed by atoms with van der Waals surface area (Å²) in [7, 11) is 0. The molecule has 1 fully saturated rings. The maximum absolute atomic E-state index is 11.7. The molecular formula is C18H26N2O3. The molecule has 0 saturated heterocycles. The smallest absolute Gasteiger partial charge is 0.407 e. The van der Waals surface area contributed by atoms with Crippen LogP contribution in [0.4, 0.5) is 4.79 Å². The summed E-state index contributed by atoms with van der Waals surface area (Å²) in [5.74, 6) is 1.03. The van der Waals surface area contributed by atoms with Gasteiger partial charge in [-0.3, -0.25) is 0 Å². The van der Waals surface area contributed by atoms with Gasteiger partial charge in [0.05, 0.1) is 6.61 Å². The average molecular weight is 318 g/mol. The minimum atomic E-state index is -0.442. The molecule has 5 nitrogen and oxygen atoms in total. The summed E-state index contributed by atoms with van der Waals surface area (Å²) in [6.07, 6.45) is 2.59. The van der Waals surface area contributed by atoms with Crippen LogP contribution in [-0.4, -0.2) is 30.4 Å². The quantitative estimate of drug-likeness (QED) is 0.896. The lowest BCUT2D eigenvalue weighted by molar-refractivity contribution is 0.0465. The van der Waals surface area contributed by atoms with Crippen LogP contribution in [0.15, 0.2) is 18.2 Å². The van der Waals surface area contributed by atoms with E-state index in [-0.39, 0.29) is 12.1 Å². The third kappa shape index (κ3) is 4.38. The molecule has 1 amide bonds. The standard InChI is InChI=1S/C18H26N2O3/c1-18(2,3)23-17(21)20-15-9-14(10-15)19-11-12-4-5-16-13(8-12)6-7-22-16/h4-5,8,14-15,19H,6-7,9-11H2,1-3H3,(H,20,21). The number of fused-ring (bicyclic) bond motifs is 1. The van der Waals surface area contributed by atoms with E-state index in [9.17, 15) is 4.79 Å². The Labute approximate surface area is 137 Å². The highest BCUT2D eigenvalue weighted by molar-refractivity contribution is 5.68. The van der Waals surface area contributed by atoms with E-state index in [0.717, 1.165) is 38.2 Å². The monoisotopic (exact) mass is 318 g/mol. The molecule has 0 spiro atoms. The molecule has 2 aliphatic rings. The van der Waals surface area contributed by atoms with E-state index in [1.54, 1.807) is 0 Å². The average Bonchev–Trinajstić information content (AvgIpc) is 2.86. The number of carbonyl (C=O) groups excluding carboxylic acids is 1. The Bertz CT molecular complexity index is 574. The molecule has 1 heterocycles. The van der Waals surface area contributed by atoms with Gasteiger partial charge in [-0.15, -0.1) is 0 Å². The lowest BCUT2D eigenvalue weighted by Gasteiger charge is -2.36. The molecular weight excluding hydrogens is 292 g/mol. The molecule has 0 aromatic heterocycles. The Hall–Kier alpha value is -1.75. The van der Waals surface area contributed by atoms with E-state index < -0.39 is 5.60 Å². The van der Waals surface area contributed by atoms with Crippen molar-refractivity contribution in [3.63, 3.8) is 0 Å². The predicted molar refractivity (Wildman–Crippen MR) is 88.7 cm³/mol. The van der Waals surface area contributed by atoms with E-state index in [0.29, 0.717) is 6.04 Å². The molecule has 3 rings (SSSR count). The number of alkyl carbamates (subject to hydrolysis) is 1. The molecule has 1 aromatic rings. The van der Waals surface area contributed by atoms with Gasteiger partial charge >= 0.3 is 6.09 Å². The van der Waals surface area contributed by atoms with Crippen molar-refractivity contribution in [2.75, 3.05) is 6.61 Å². The van der Waals surface area contributed by atoms with E-state index in [4.69, 9.17) is 9.47 Å². The second-order valence-corrected chi connectivity index (χ2v) is 7.43. The van der Waals surface area contributed by atoms with Crippen molar-refractivity contribution in [1.29, 1.82) is 0 Å². The van der Waals surface area contributed by atoms with Crippen LogP contribution in [-0.2, 0) is 17.7 Å². The number of hydrogen-bond donors (Lipinski definition) is 2. The van der Waals surface area contributed by atoms with Gasteiger partial charge in [0.1, 0.15) is 11.4 Å². The summed E-state index contributed by atoms with van der Waals surface area (Å²) < 4.78 is 10.8. The van der Waals surface area contributed by atoms with Crippen LogP contribution in [0, 0.1) is 0 Å². The normalized spacial score (nSPS) is 22.7. The molecule has 23 heavy (non-hydrogen) atoms. The van der Waals surface area contributed by atoms with Gasteiger partial charge in [0.2, 0.25) is 0 Å². The van der Waals surface area contributed by atoms with Gasteiger partial charge in [-0.25, -0.2) is 4.79 Å². The van der Waals surface area contributed by atoms with Crippen molar-refractivity contribution in [3.05, 3.63) is 29.3 Å². The molecule has 1 aliphatic carbocycles. The first-order chi connectivity index (χ1) is 10.9. The minimum absolute atomic E-state index is 0.218. The molecule has 126 valence electrons. The fraction of sp³-hybridized carbons (Fsp3) is 0.611. The van der Waals surface area contributed by atoms with Crippen LogP contribution in [0.2, 0.25) is 0 Å². The van der Waals surface area contributed by atoms with Crippen LogP contribution < -0.4 is 15.4 Å². The first-order valence-corrected chi connectivity index (χ1v) is 8.36. The van der Waals surface area contributed by atoms with E-state index in [1.165, 1.54) is 11.1 Å². The van der Waals surface area contributed by atoms with Gasteiger partial charge in [-0.1, -0.05) is 12.1 Å². The van der Waals surface area contributed by atoms with Gasteiger partial charge in [0.25, 0.3) is 0 Å². The summed E-state index contributed by atoms with van der Waals surface area (Å²) in [6.45, 7) is 7.28. The first kappa shape index (κ1) is 16.1. The van der Waals surface area contributed by atoms with E-state index in [2.05, 4.69) is 28.8 Å². The second kappa shape index (κ2) is 6.40. The van der Waals surface area contributed by atoms with Crippen molar-refractivity contribution < 1.29 is 14.3 Å².